The molecule has 1 heterocycles. The summed E-state index contributed by atoms with van der Waals surface area (Å²) >= 11 is 0. The average Bonchev–Trinajstić information content (AvgIpc) is 2.90. The highest BCUT2D eigenvalue weighted by Gasteiger charge is 2.39. The molecule has 0 spiro atoms. The topological polar surface area (TPSA) is 122 Å². The van der Waals surface area contributed by atoms with Gasteiger partial charge in [-0.05, 0) is 21.9 Å². The van der Waals surface area contributed by atoms with Gasteiger partial charge in [-0.25, -0.2) is 14.8 Å². The van der Waals surface area contributed by atoms with Gasteiger partial charge in [-0.15, -0.1) is 0 Å². The second-order valence-corrected chi connectivity index (χ2v) is 8.83. The van der Waals surface area contributed by atoms with Crippen molar-refractivity contribution >= 4 is 34.6 Å². The van der Waals surface area contributed by atoms with Crippen LogP contribution >= 0.6 is 0 Å². The number of nitrogens with one attached hydrogen (secondary N) is 2. The van der Waals surface area contributed by atoms with Crippen molar-refractivity contribution in [1.82, 2.24) is 25.6 Å². The van der Waals surface area contributed by atoms with Gasteiger partial charge in [-0.3, -0.25) is 14.4 Å². The number of hydrazine groups is 1. The van der Waals surface area contributed by atoms with Gasteiger partial charge < -0.3 is 20.6 Å². The molecule has 0 radical (unpaired) electrons. The first-order valence-corrected chi connectivity index (χ1v) is 11.9. The first-order valence-electron chi connectivity index (χ1n) is 11.9. The highest BCUT2D eigenvalue weighted by molar-refractivity contribution is 5.92. The van der Waals surface area contributed by atoms with Gasteiger partial charge in [-0.2, -0.15) is 0 Å². The molecule has 0 unspecified atom stereocenters. The quantitative estimate of drug-likeness (QED) is 0.433. The van der Waals surface area contributed by atoms with Crippen LogP contribution in [0.5, 0.6) is 0 Å². The van der Waals surface area contributed by atoms with Crippen molar-refractivity contribution in [3.05, 3.63) is 83.9 Å². The van der Waals surface area contributed by atoms with Gasteiger partial charge in [0.25, 0.3) is 0 Å². The summed E-state index contributed by atoms with van der Waals surface area (Å²) in [5.74, 6) is -2.27. The zero-order valence-electron chi connectivity index (χ0n) is 20.5. The number of carbonyl (C=O) groups excluding carboxylic acids is 3. The molecule has 3 aromatic carbocycles. The van der Waals surface area contributed by atoms with Crippen molar-refractivity contribution in [1.29, 1.82) is 0 Å². The predicted octanol–water partition coefficient (Wildman–Crippen LogP) is 2.16. The number of fused-ring (bicyclic) bond motifs is 1. The van der Waals surface area contributed by atoms with E-state index < -0.39 is 36.3 Å². The number of carboxylic acid groups (broad SMARTS) is 1. The Balaban J connectivity index is 1.47. The number of carbonyl (C=O) groups is 4. The van der Waals surface area contributed by atoms with E-state index in [4.69, 9.17) is 0 Å². The third kappa shape index (κ3) is 6.22. The fourth-order valence-corrected chi connectivity index (χ4v) is 4.32. The highest BCUT2D eigenvalue weighted by Crippen LogP contribution is 2.19. The molecule has 3 N–H and O–H groups in total. The van der Waals surface area contributed by atoms with Crippen LogP contribution in [-0.4, -0.2) is 70.1 Å². The lowest BCUT2D eigenvalue weighted by Gasteiger charge is -2.43. The molecule has 1 aliphatic rings. The number of hydrogen-bond acceptors (Lipinski definition) is 5. The summed E-state index contributed by atoms with van der Waals surface area (Å²) in [6.07, 6.45) is -0.587. The number of rotatable bonds is 8. The number of hydrogen-bond donors (Lipinski definition) is 3. The molecule has 1 aliphatic heterocycles. The number of carboxylic acids is 1. The highest BCUT2D eigenvalue weighted by atomic mass is 16.4. The molecule has 0 bridgehead atoms. The Morgan fingerprint density at radius 1 is 0.919 bits per heavy atom. The Bertz CT molecular complexity index is 1290. The summed E-state index contributed by atoms with van der Waals surface area (Å²) in [7, 11) is 1.59. The molecule has 4 rings (SSSR count). The third-order valence-corrected chi connectivity index (χ3v) is 6.28. The SMILES string of the molecule is CN1CC(=O)N([C@@H](CC(=O)O)C(=O)NCc2cccc3ccccc23)CN1C(=O)NCc1ccccc1. The molecule has 0 aliphatic carbocycles. The van der Waals surface area contributed by atoms with E-state index in [0.29, 0.717) is 0 Å². The molecule has 3 aromatic rings. The molecule has 10 heteroatoms. The van der Waals surface area contributed by atoms with Crippen LogP contribution in [0, 0.1) is 0 Å². The van der Waals surface area contributed by atoms with E-state index in [1.165, 1.54) is 10.0 Å². The number of nitrogens with zero attached hydrogens (tertiary/aromatic N) is 3. The maximum atomic E-state index is 13.2. The van der Waals surface area contributed by atoms with Crippen LogP contribution in [0.3, 0.4) is 0 Å². The van der Waals surface area contributed by atoms with Gasteiger partial charge in [-0.1, -0.05) is 72.8 Å². The predicted molar refractivity (Wildman–Crippen MR) is 137 cm³/mol. The maximum Gasteiger partial charge on any atom is 0.333 e. The van der Waals surface area contributed by atoms with Gasteiger partial charge in [0.05, 0.1) is 13.0 Å². The monoisotopic (exact) mass is 503 g/mol. The minimum atomic E-state index is -1.28. The van der Waals surface area contributed by atoms with Gasteiger partial charge in [0, 0.05) is 20.1 Å². The van der Waals surface area contributed by atoms with Crippen molar-refractivity contribution in [3.63, 3.8) is 0 Å². The Morgan fingerprint density at radius 2 is 1.62 bits per heavy atom. The normalized spacial score (nSPS) is 14.9. The molecule has 10 nitrogen and oxygen atoms in total. The number of urea groups is 1. The standard InChI is InChI=1S/C27H29N5O5/c1-30-17-24(33)31(18-32(30)27(37)29-15-19-8-3-2-4-9-19)23(14-25(34)35)26(36)28-16-21-12-7-11-20-10-5-6-13-22(20)21/h2-13,23H,14-18H2,1H3,(H,28,36)(H,29,37)(H,34,35)/t23-/m0/s1. The van der Waals surface area contributed by atoms with E-state index in [0.717, 1.165) is 26.8 Å². The lowest BCUT2D eigenvalue weighted by molar-refractivity contribution is -0.160. The summed E-state index contributed by atoms with van der Waals surface area (Å²) < 4.78 is 0. The molecular weight excluding hydrogens is 474 g/mol. The Hall–Kier alpha value is -4.44. The summed E-state index contributed by atoms with van der Waals surface area (Å²) in [6.45, 7) is 0.0165. The van der Waals surface area contributed by atoms with E-state index in [2.05, 4.69) is 10.6 Å². The Morgan fingerprint density at radius 3 is 2.38 bits per heavy atom. The fraction of sp³-hybridized carbons (Fsp3) is 0.259. The summed E-state index contributed by atoms with van der Waals surface area (Å²) in [6, 6.07) is 21.1. The molecule has 37 heavy (non-hydrogen) atoms. The van der Waals surface area contributed by atoms with Crippen molar-refractivity contribution < 1.29 is 24.3 Å². The Kier molecular flexibility index (Phi) is 7.99. The molecule has 192 valence electrons. The van der Waals surface area contributed by atoms with Crippen molar-refractivity contribution in [2.45, 2.75) is 25.6 Å². The van der Waals surface area contributed by atoms with Crippen LogP contribution in [0.2, 0.25) is 0 Å². The first kappa shape index (κ1) is 25.6. The van der Waals surface area contributed by atoms with E-state index in [1.807, 2.05) is 72.8 Å². The smallest absolute Gasteiger partial charge is 0.333 e. The maximum absolute atomic E-state index is 13.2. The minimum absolute atomic E-state index is 0.166. The lowest BCUT2D eigenvalue weighted by Crippen LogP contribution is -2.65. The van der Waals surface area contributed by atoms with Crippen molar-refractivity contribution in [2.24, 2.45) is 0 Å². The zero-order valence-corrected chi connectivity index (χ0v) is 20.5. The van der Waals surface area contributed by atoms with Gasteiger partial charge in [0.2, 0.25) is 11.8 Å². The van der Waals surface area contributed by atoms with Crippen LogP contribution in [0.25, 0.3) is 10.8 Å². The molecule has 4 amide bonds. The van der Waals surface area contributed by atoms with Gasteiger partial charge in [0.1, 0.15) is 12.7 Å². The molecule has 1 saturated heterocycles. The molecule has 1 atom stereocenters. The lowest BCUT2D eigenvalue weighted by atomic mass is 10.0. The van der Waals surface area contributed by atoms with E-state index in [-0.39, 0.29) is 26.3 Å². The average molecular weight is 504 g/mol. The Labute approximate surface area is 214 Å². The largest absolute Gasteiger partial charge is 0.481 e. The zero-order chi connectivity index (χ0) is 26.4. The van der Waals surface area contributed by atoms with E-state index in [1.54, 1.807) is 7.05 Å². The second-order valence-electron chi connectivity index (χ2n) is 8.83. The van der Waals surface area contributed by atoms with Crippen molar-refractivity contribution in [2.75, 3.05) is 20.3 Å². The number of benzene rings is 3. The molecule has 0 aromatic heterocycles. The third-order valence-electron chi connectivity index (χ3n) is 6.28. The summed E-state index contributed by atoms with van der Waals surface area (Å²) in [4.78, 5) is 51.8. The van der Waals surface area contributed by atoms with Crippen LogP contribution in [0.1, 0.15) is 17.5 Å². The summed E-state index contributed by atoms with van der Waals surface area (Å²) in [5.41, 5.74) is 1.77. The van der Waals surface area contributed by atoms with Gasteiger partial charge in [0.15, 0.2) is 0 Å². The van der Waals surface area contributed by atoms with Gasteiger partial charge >= 0.3 is 12.0 Å². The van der Waals surface area contributed by atoms with E-state index in [9.17, 15) is 24.3 Å². The van der Waals surface area contributed by atoms with Crippen LogP contribution in [-0.2, 0) is 27.5 Å². The minimum Gasteiger partial charge on any atom is -0.481 e. The molecule has 1 fully saturated rings. The molecule has 0 saturated carbocycles. The second kappa shape index (κ2) is 11.5. The number of amides is 4. The fourth-order valence-electron chi connectivity index (χ4n) is 4.32. The van der Waals surface area contributed by atoms with E-state index >= 15 is 0 Å². The first-order chi connectivity index (χ1) is 17.8. The van der Waals surface area contributed by atoms with Crippen LogP contribution < -0.4 is 10.6 Å². The van der Waals surface area contributed by atoms with Crippen molar-refractivity contribution in [3.8, 4) is 0 Å². The molecular formula is C27H29N5O5. The number of likely N-dealkylation sites (N-methyl/N-ethyl adjacent to an activating group) is 1. The summed E-state index contributed by atoms with van der Waals surface area (Å²) in [5, 5.41) is 19.8. The number of aliphatic carboxylic acids is 1. The van der Waals surface area contributed by atoms with Crippen LogP contribution in [0.15, 0.2) is 72.8 Å². The van der Waals surface area contributed by atoms with Crippen LogP contribution in [0.4, 0.5) is 4.79 Å².